The van der Waals surface area contributed by atoms with Crippen molar-refractivity contribution in [1.29, 1.82) is 0 Å². The molecule has 3 rings (SSSR count). The van der Waals surface area contributed by atoms with Gasteiger partial charge in [0.2, 0.25) is 0 Å². The molecule has 3 aromatic carbocycles. The molecule has 0 aliphatic carbocycles. The summed E-state index contributed by atoms with van der Waals surface area (Å²) in [6.07, 6.45) is 0. The Balaban J connectivity index is 0.00000161. The first kappa shape index (κ1) is 15.8. The summed E-state index contributed by atoms with van der Waals surface area (Å²) in [6.45, 7) is 0. The van der Waals surface area contributed by atoms with Crippen molar-refractivity contribution in [2.75, 3.05) is 0 Å². The maximum Gasteiger partial charge on any atom is 0.171 e. The van der Waals surface area contributed by atoms with E-state index in [0.29, 0.717) is 0 Å². The van der Waals surface area contributed by atoms with Gasteiger partial charge in [-0.05, 0) is 0 Å². The molecule has 0 N–H and O–H groups in total. The molecule has 0 saturated carbocycles. The molecule has 0 fully saturated rings. The fourth-order valence-corrected chi connectivity index (χ4v) is 5.03. The average Bonchev–Trinajstić information content (AvgIpc) is 2.56. The number of rotatable bonds is 3. The Morgan fingerprint density at radius 2 is 0.714 bits per heavy atom. The molecule has 1 nitrogen and oxygen atoms in total. The SMILES string of the molecule is O=P(c1ccccc1)(c1ccccc1)c1ccccc1.[Mn]. The van der Waals surface area contributed by atoms with E-state index >= 15 is 0 Å². The summed E-state index contributed by atoms with van der Waals surface area (Å²) in [6, 6.07) is 29.1. The van der Waals surface area contributed by atoms with Crippen LogP contribution in [0.4, 0.5) is 0 Å². The Hall–Kier alpha value is -1.59. The van der Waals surface area contributed by atoms with Gasteiger partial charge in [0.15, 0.2) is 7.14 Å². The Morgan fingerprint density at radius 3 is 0.952 bits per heavy atom. The minimum Gasteiger partial charge on any atom is -0.309 e. The molecule has 0 aliphatic heterocycles. The molecule has 3 aromatic rings. The van der Waals surface area contributed by atoms with E-state index < -0.39 is 7.14 Å². The van der Waals surface area contributed by atoms with Crippen LogP contribution in [0.25, 0.3) is 0 Å². The number of hydrogen-bond donors (Lipinski definition) is 0. The van der Waals surface area contributed by atoms with Gasteiger partial charge in [-0.3, -0.25) is 0 Å². The molecule has 0 saturated heterocycles. The Labute approximate surface area is 135 Å². The van der Waals surface area contributed by atoms with E-state index in [1.165, 1.54) is 0 Å². The van der Waals surface area contributed by atoms with Crippen LogP contribution in [0.5, 0.6) is 0 Å². The van der Waals surface area contributed by atoms with Crippen molar-refractivity contribution in [1.82, 2.24) is 0 Å². The van der Waals surface area contributed by atoms with Crippen LogP contribution in [-0.2, 0) is 21.6 Å². The van der Waals surface area contributed by atoms with Crippen LogP contribution in [0.2, 0.25) is 0 Å². The van der Waals surface area contributed by atoms with E-state index in [9.17, 15) is 4.57 Å². The summed E-state index contributed by atoms with van der Waals surface area (Å²) in [7, 11) is -2.78. The van der Waals surface area contributed by atoms with Gasteiger partial charge in [-0.25, -0.2) is 0 Å². The Morgan fingerprint density at radius 1 is 0.476 bits per heavy atom. The molecule has 0 amide bonds. The fraction of sp³-hybridized carbons (Fsp3) is 0. The standard InChI is InChI=1S/C18H15OP.Mn/c19-20(16-10-4-1-5-11-16,17-12-6-2-7-13-17)18-14-8-3-9-15-18;/h1-15H;. The van der Waals surface area contributed by atoms with Gasteiger partial charge in [-0.1, -0.05) is 91.0 Å². The van der Waals surface area contributed by atoms with E-state index in [2.05, 4.69) is 0 Å². The summed E-state index contributed by atoms with van der Waals surface area (Å²) in [4.78, 5) is 0. The van der Waals surface area contributed by atoms with Gasteiger partial charge in [0.25, 0.3) is 0 Å². The van der Waals surface area contributed by atoms with Crippen LogP contribution in [0.1, 0.15) is 0 Å². The molecule has 1 radical (unpaired) electrons. The molecule has 0 aromatic heterocycles. The third-order valence-corrected chi connectivity index (χ3v) is 6.44. The van der Waals surface area contributed by atoms with Crippen LogP contribution in [0.3, 0.4) is 0 Å². The minimum absolute atomic E-state index is 0. The number of benzene rings is 3. The average molecular weight is 333 g/mol. The largest absolute Gasteiger partial charge is 0.309 e. The van der Waals surface area contributed by atoms with Crippen molar-refractivity contribution < 1.29 is 21.6 Å². The van der Waals surface area contributed by atoms with Crippen molar-refractivity contribution in [3.8, 4) is 0 Å². The molecule has 0 bridgehead atoms. The van der Waals surface area contributed by atoms with Crippen LogP contribution in [-0.4, -0.2) is 0 Å². The maximum atomic E-state index is 13.8. The smallest absolute Gasteiger partial charge is 0.171 e. The first-order chi connectivity index (χ1) is 9.82. The normalized spacial score (nSPS) is 10.7. The zero-order chi connectivity index (χ0) is 13.8. The van der Waals surface area contributed by atoms with E-state index in [1.54, 1.807) is 0 Å². The van der Waals surface area contributed by atoms with Crippen LogP contribution >= 0.6 is 7.14 Å². The van der Waals surface area contributed by atoms with Gasteiger partial charge in [0.1, 0.15) is 0 Å². The van der Waals surface area contributed by atoms with Crippen molar-refractivity contribution in [3.63, 3.8) is 0 Å². The molecule has 0 unspecified atom stereocenters. The molecule has 0 spiro atoms. The molecule has 105 valence electrons. The van der Waals surface area contributed by atoms with Crippen molar-refractivity contribution in [2.45, 2.75) is 0 Å². The van der Waals surface area contributed by atoms with Gasteiger partial charge in [0.05, 0.1) is 0 Å². The first-order valence-electron chi connectivity index (χ1n) is 6.59. The first-order valence-corrected chi connectivity index (χ1v) is 8.29. The van der Waals surface area contributed by atoms with Crippen molar-refractivity contribution >= 4 is 23.1 Å². The predicted octanol–water partition coefficient (Wildman–Crippen LogP) is 3.32. The van der Waals surface area contributed by atoms with E-state index in [0.717, 1.165) is 15.9 Å². The maximum absolute atomic E-state index is 13.8. The van der Waals surface area contributed by atoms with Crippen molar-refractivity contribution in [2.24, 2.45) is 0 Å². The Kier molecular flexibility index (Phi) is 5.20. The van der Waals surface area contributed by atoms with E-state index in [1.807, 2.05) is 91.0 Å². The second-order valence-corrected chi connectivity index (χ2v) is 7.38. The zero-order valence-corrected chi connectivity index (χ0v) is 13.5. The summed E-state index contributed by atoms with van der Waals surface area (Å²) >= 11 is 0. The van der Waals surface area contributed by atoms with Crippen molar-refractivity contribution in [3.05, 3.63) is 91.0 Å². The zero-order valence-electron chi connectivity index (χ0n) is 11.4. The quantitative estimate of drug-likeness (QED) is 0.531. The molecule has 3 heteroatoms. The van der Waals surface area contributed by atoms with E-state index in [-0.39, 0.29) is 17.1 Å². The van der Waals surface area contributed by atoms with Gasteiger partial charge in [-0.15, -0.1) is 0 Å². The summed E-state index contributed by atoms with van der Waals surface area (Å²) in [5.41, 5.74) is 0. The molecular formula is C18H15MnOP. The minimum atomic E-state index is -2.78. The van der Waals surface area contributed by atoms with Gasteiger partial charge in [-0.2, -0.15) is 0 Å². The predicted molar refractivity (Wildman–Crippen MR) is 85.8 cm³/mol. The molecular weight excluding hydrogens is 318 g/mol. The van der Waals surface area contributed by atoms with Gasteiger partial charge < -0.3 is 4.57 Å². The van der Waals surface area contributed by atoms with Gasteiger partial charge in [0, 0.05) is 33.0 Å². The molecule has 0 atom stereocenters. The summed E-state index contributed by atoms with van der Waals surface area (Å²) in [5, 5.41) is 2.62. The second-order valence-electron chi connectivity index (χ2n) is 4.62. The molecule has 0 aliphatic rings. The van der Waals surface area contributed by atoms with Crippen LogP contribution < -0.4 is 15.9 Å². The molecule has 21 heavy (non-hydrogen) atoms. The summed E-state index contributed by atoms with van der Waals surface area (Å²) < 4.78 is 13.8. The van der Waals surface area contributed by atoms with E-state index in [4.69, 9.17) is 0 Å². The topological polar surface area (TPSA) is 17.1 Å². The molecule has 0 heterocycles. The van der Waals surface area contributed by atoms with Crippen LogP contribution in [0, 0.1) is 0 Å². The Bertz CT molecular complexity index is 624. The monoisotopic (exact) mass is 333 g/mol. The summed E-state index contributed by atoms with van der Waals surface area (Å²) in [5.74, 6) is 0. The van der Waals surface area contributed by atoms with Gasteiger partial charge >= 0.3 is 0 Å². The van der Waals surface area contributed by atoms with Crippen LogP contribution in [0.15, 0.2) is 91.0 Å². The number of hydrogen-bond acceptors (Lipinski definition) is 1. The third-order valence-electron chi connectivity index (χ3n) is 3.36. The second kappa shape index (κ2) is 6.91. The third kappa shape index (κ3) is 3.04. The fourth-order valence-electron chi connectivity index (χ4n) is 2.36.